The van der Waals surface area contributed by atoms with E-state index in [1.807, 2.05) is 26.0 Å². The summed E-state index contributed by atoms with van der Waals surface area (Å²) < 4.78 is 0. The normalized spacial score (nSPS) is 12.0. The van der Waals surface area contributed by atoms with Crippen LogP contribution in [0.4, 0.5) is 0 Å². The van der Waals surface area contributed by atoms with Gasteiger partial charge in [-0.15, -0.1) is 0 Å². The highest BCUT2D eigenvalue weighted by molar-refractivity contribution is 5.95. The van der Waals surface area contributed by atoms with Crippen molar-refractivity contribution < 1.29 is 4.79 Å². The maximum absolute atomic E-state index is 12.4. The zero-order valence-electron chi connectivity index (χ0n) is 12.6. The van der Waals surface area contributed by atoms with E-state index in [1.165, 1.54) is 6.33 Å². The van der Waals surface area contributed by atoms with Crippen LogP contribution in [-0.4, -0.2) is 20.9 Å². The van der Waals surface area contributed by atoms with E-state index in [2.05, 4.69) is 27.2 Å². The van der Waals surface area contributed by atoms with E-state index in [1.54, 1.807) is 12.4 Å². The molecule has 21 heavy (non-hydrogen) atoms. The topological polar surface area (TPSA) is 67.8 Å². The molecule has 0 unspecified atom stereocenters. The van der Waals surface area contributed by atoms with Crippen LogP contribution in [0.25, 0.3) is 0 Å². The van der Waals surface area contributed by atoms with E-state index in [9.17, 15) is 4.79 Å². The summed E-state index contributed by atoms with van der Waals surface area (Å²) in [6.07, 6.45) is 6.49. The van der Waals surface area contributed by atoms with Gasteiger partial charge in [-0.2, -0.15) is 0 Å². The smallest absolute Gasteiger partial charge is 0.255 e. The Labute approximate surface area is 124 Å². The number of rotatable bonds is 5. The Morgan fingerprint density at radius 3 is 2.90 bits per heavy atom. The Hall–Kier alpha value is -2.30. The molecule has 0 saturated heterocycles. The van der Waals surface area contributed by atoms with Crippen molar-refractivity contribution in [2.24, 2.45) is 0 Å². The van der Waals surface area contributed by atoms with Gasteiger partial charge < -0.3 is 5.32 Å². The molecular weight excluding hydrogens is 264 g/mol. The number of carbonyl (C=O) groups excluding carboxylic acids is 1. The first kappa shape index (κ1) is 15.1. The molecule has 2 heterocycles. The third-order valence-corrected chi connectivity index (χ3v) is 3.33. The second-order valence-corrected chi connectivity index (χ2v) is 5.03. The standard InChI is InChI=1S/C16H20N4O/c1-4-6-14-13(9-17-10-19-14)16(21)20-12(3)15-11(2)7-5-8-18-15/h5,7-10,12H,4,6H2,1-3H3,(H,20,21)/t12-/m0/s1. The molecular formula is C16H20N4O. The highest BCUT2D eigenvalue weighted by Crippen LogP contribution is 2.15. The molecule has 1 N–H and O–H groups in total. The van der Waals surface area contributed by atoms with E-state index >= 15 is 0 Å². The fourth-order valence-corrected chi connectivity index (χ4v) is 2.27. The van der Waals surface area contributed by atoms with Gasteiger partial charge in [0, 0.05) is 12.4 Å². The predicted octanol–water partition coefficient (Wildman–Crippen LogP) is 2.62. The van der Waals surface area contributed by atoms with Gasteiger partial charge in [0.25, 0.3) is 5.91 Å². The van der Waals surface area contributed by atoms with Crippen LogP contribution in [-0.2, 0) is 6.42 Å². The molecule has 0 saturated carbocycles. The van der Waals surface area contributed by atoms with Crippen molar-refractivity contribution in [2.75, 3.05) is 0 Å². The van der Waals surface area contributed by atoms with Crippen molar-refractivity contribution >= 4 is 5.91 Å². The summed E-state index contributed by atoms with van der Waals surface area (Å²) in [7, 11) is 0. The molecule has 1 amide bonds. The third kappa shape index (κ3) is 3.62. The Morgan fingerprint density at radius 2 is 2.19 bits per heavy atom. The highest BCUT2D eigenvalue weighted by Gasteiger charge is 2.17. The molecule has 110 valence electrons. The molecule has 0 spiro atoms. The largest absolute Gasteiger partial charge is 0.344 e. The van der Waals surface area contributed by atoms with Gasteiger partial charge in [-0.3, -0.25) is 9.78 Å². The predicted molar refractivity (Wildman–Crippen MR) is 80.9 cm³/mol. The van der Waals surface area contributed by atoms with E-state index in [0.29, 0.717) is 5.56 Å². The lowest BCUT2D eigenvalue weighted by molar-refractivity contribution is 0.0937. The van der Waals surface area contributed by atoms with E-state index in [0.717, 1.165) is 29.8 Å². The van der Waals surface area contributed by atoms with Crippen LogP contribution in [0.3, 0.4) is 0 Å². The van der Waals surface area contributed by atoms with E-state index in [-0.39, 0.29) is 11.9 Å². The third-order valence-electron chi connectivity index (χ3n) is 3.33. The summed E-state index contributed by atoms with van der Waals surface area (Å²) >= 11 is 0. The average Bonchev–Trinajstić information content (AvgIpc) is 2.48. The highest BCUT2D eigenvalue weighted by atomic mass is 16.1. The van der Waals surface area contributed by atoms with Crippen LogP contribution in [0.1, 0.15) is 53.6 Å². The summed E-state index contributed by atoms with van der Waals surface area (Å²) in [5.74, 6) is -0.156. The minimum atomic E-state index is -0.159. The number of amides is 1. The summed E-state index contributed by atoms with van der Waals surface area (Å²) in [4.78, 5) is 24.9. The maximum atomic E-state index is 12.4. The summed E-state index contributed by atoms with van der Waals surface area (Å²) in [5, 5.41) is 2.97. The number of aryl methyl sites for hydroxylation is 2. The van der Waals surface area contributed by atoms with Gasteiger partial charge in [0.2, 0.25) is 0 Å². The van der Waals surface area contributed by atoms with Gasteiger partial charge in [-0.25, -0.2) is 9.97 Å². The first-order chi connectivity index (χ1) is 10.1. The number of pyridine rings is 1. The van der Waals surface area contributed by atoms with Crippen molar-refractivity contribution in [3.8, 4) is 0 Å². The first-order valence-electron chi connectivity index (χ1n) is 7.14. The van der Waals surface area contributed by atoms with Gasteiger partial charge in [-0.1, -0.05) is 19.4 Å². The lowest BCUT2D eigenvalue weighted by atomic mass is 10.1. The molecule has 0 aromatic carbocycles. The molecule has 2 rings (SSSR count). The van der Waals surface area contributed by atoms with Crippen molar-refractivity contribution in [3.05, 3.63) is 53.4 Å². The van der Waals surface area contributed by atoms with Crippen molar-refractivity contribution in [3.63, 3.8) is 0 Å². The zero-order chi connectivity index (χ0) is 15.2. The number of nitrogens with zero attached hydrogens (tertiary/aromatic N) is 3. The van der Waals surface area contributed by atoms with Gasteiger partial charge in [0.1, 0.15) is 6.33 Å². The van der Waals surface area contributed by atoms with Crippen molar-refractivity contribution in [1.82, 2.24) is 20.3 Å². The Bertz CT molecular complexity index is 627. The number of carbonyl (C=O) groups is 1. The molecule has 2 aromatic heterocycles. The number of hydrogen-bond donors (Lipinski definition) is 1. The number of aromatic nitrogens is 3. The second kappa shape index (κ2) is 6.92. The molecule has 0 aliphatic rings. The van der Waals surface area contributed by atoms with Crippen LogP contribution in [0.2, 0.25) is 0 Å². The Kier molecular flexibility index (Phi) is 4.98. The summed E-state index contributed by atoms with van der Waals surface area (Å²) in [6.45, 7) is 5.97. The molecule has 0 fully saturated rings. The number of hydrogen-bond acceptors (Lipinski definition) is 4. The van der Waals surface area contributed by atoms with Crippen molar-refractivity contribution in [2.45, 2.75) is 39.7 Å². The number of nitrogens with one attached hydrogen (secondary N) is 1. The summed E-state index contributed by atoms with van der Waals surface area (Å²) in [5.41, 5.74) is 3.26. The minimum Gasteiger partial charge on any atom is -0.344 e. The van der Waals surface area contributed by atoms with E-state index in [4.69, 9.17) is 0 Å². The van der Waals surface area contributed by atoms with Gasteiger partial charge in [0.05, 0.1) is 23.0 Å². The van der Waals surface area contributed by atoms with Crippen LogP contribution in [0.15, 0.2) is 30.9 Å². The fraction of sp³-hybridized carbons (Fsp3) is 0.375. The lowest BCUT2D eigenvalue weighted by Gasteiger charge is -2.16. The zero-order valence-corrected chi connectivity index (χ0v) is 12.6. The molecule has 5 nitrogen and oxygen atoms in total. The lowest BCUT2D eigenvalue weighted by Crippen LogP contribution is -2.29. The SMILES string of the molecule is CCCc1ncncc1C(=O)N[C@@H](C)c1ncccc1C. The summed E-state index contributed by atoms with van der Waals surface area (Å²) in [6, 6.07) is 3.71. The molecule has 5 heteroatoms. The molecule has 0 aliphatic heterocycles. The van der Waals surface area contributed by atoms with Crippen LogP contribution < -0.4 is 5.32 Å². The minimum absolute atomic E-state index is 0.156. The molecule has 0 aliphatic carbocycles. The van der Waals surface area contributed by atoms with E-state index < -0.39 is 0 Å². The fourth-order valence-electron chi connectivity index (χ4n) is 2.27. The second-order valence-electron chi connectivity index (χ2n) is 5.03. The average molecular weight is 284 g/mol. The van der Waals surface area contributed by atoms with Crippen LogP contribution >= 0.6 is 0 Å². The Morgan fingerprint density at radius 1 is 1.38 bits per heavy atom. The van der Waals surface area contributed by atoms with Crippen LogP contribution in [0, 0.1) is 6.92 Å². The first-order valence-corrected chi connectivity index (χ1v) is 7.14. The Balaban J connectivity index is 2.17. The molecule has 0 radical (unpaired) electrons. The van der Waals surface area contributed by atoms with Crippen LogP contribution in [0.5, 0.6) is 0 Å². The van der Waals surface area contributed by atoms with Crippen molar-refractivity contribution in [1.29, 1.82) is 0 Å². The molecule has 0 bridgehead atoms. The van der Waals surface area contributed by atoms with Gasteiger partial charge >= 0.3 is 0 Å². The maximum Gasteiger partial charge on any atom is 0.255 e. The monoisotopic (exact) mass is 284 g/mol. The molecule has 2 aromatic rings. The van der Waals surface area contributed by atoms with Gasteiger partial charge in [-0.05, 0) is 31.9 Å². The van der Waals surface area contributed by atoms with Gasteiger partial charge in [0.15, 0.2) is 0 Å². The quantitative estimate of drug-likeness (QED) is 0.916. The molecule has 1 atom stereocenters.